The van der Waals surface area contributed by atoms with Gasteiger partial charge in [-0.15, -0.1) is 11.3 Å². The second-order valence-corrected chi connectivity index (χ2v) is 6.89. The SMILES string of the molecule is CCn1c(=O)c2sccc2n(CC(=O)Nc2ccc(C)c(Cl)c2)c1=O. The average Bonchev–Trinajstić information content (AvgIpc) is 3.05. The number of benzene rings is 1. The number of anilines is 1. The third kappa shape index (κ3) is 3.25. The number of nitrogens with zero attached hydrogens (tertiary/aromatic N) is 2. The van der Waals surface area contributed by atoms with E-state index in [0.717, 1.165) is 10.1 Å². The van der Waals surface area contributed by atoms with E-state index in [4.69, 9.17) is 11.6 Å². The summed E-state index contributed by atoms with van der Waals surface area (Å²) in [6, 6.07) is 6.89. The highest BCUT2D eigenvalue weighted by molar-refractivity contribution is 7.17. The molecule has 8 heteroatoms. The summed E-state index contributed by atoms with van der Waals surface area (Å²) < 4.78 is 2.92. The third-order valence-corrected chi connectivity index (χ3v) is 5.21. The highest BCUT2D eigenvalue weighted by atomic mass is 35.5. The van der Waals surface area contributed by atoms with Gasteiger partial charge in [0.25, 0.3) is 5.56 Å². The smallest absolute Gasteiger partial charge is 0.324 e. The van der Waals surface area contributed by atoms with Gasteiger partial charge < -0.3 is 5.32 Å². The Morgan fingerprint density at radius 3 is 2.68 bits per heavy atom. The molecule has 2 aromatic heterocycles. The molecule has 1 N–H and O–H groups in total. The maximum atomic E-state index is 12.5. The molecule has 0 atom stereocenters. The van der Waals surface area contributed by atoms with E-state index in [2.05, 4.69) is 5.32 Å². The molecule has 0 unspecified atom stereocenters. The molecular formula is C17H16ClN3O3S. The normalized spacial score (nSPS) is 11.0. The molecule has 3 aromatic rings. The van der Waals surface area contributed by atoms with Gasteiger partial charge in [-0.3, -0.25) is 18.7 Å². The lowest BCUT2D eigenvalue weighted by molar-refractivity contribution is -0.116. The van der Waals surface area contributed by atoms with Crippen molar-refractivity contribution in [3.63, 3.8) is 0 Å². The van der Waals surface area contributed by atoms with E-state index < -0.39 is 5.69 Å². The van der Waals surface area contributed by atoms with Gasteiger partial charge in [0.2, 0.25) is 5.91 Å². The molecule has 0 saturated carbocycles. The Morgan fingerprint density at radius 2 is 2.00 bits per heavy atom. The van der Waals surface area contributed by atoms with Crippen molar-refractivity contribution in [2.24, 2.45) is 0 Å². The van der Waals surface area contributed by atoms with Crippen LogP contribution in [0.1, 0.15) is 12.5 Å². The summed E-state index contributed by atoms with van der Waals surface area (Å²) in [4.78, 5) is 37.2. The molecule has 2 heterocycles. The van der Waals surface area contributed by atoms with Crippen LogP contribution < -0.4 is 16.6 Å². The van der Waals surface area contributed by atoms with Crippen LogP contribution in [0, 0.1) is 6.92 Å². The van der Waals surface area contributed by atoms with Crippen LogP contribution in [0.25, 0.3) is 10.2 Å². The molecule has 1 amide bonds. The molecule has 3 rings (SSSR count). The zero-order valence-corrected chi connectivity index (χ0v) is 15.3. The van der Waals surface area contributed by atoms with E-state index in [0.29, 0.717) is 20.9 Å². The summed E-state index contributed by atoms with van der Waals surface area (Å²) in [5.41, 5.74) is 1.13. The van der Waals surface area contributed by atoms with Crippen molar-refractivity contribution < 1.29 is 4.79 Å². The van der Waals surface area contributed by atoms with E-state index in [9.17, 15) is 14.4 Å². The first kappa shape index (κ1) is 17.4. The van der Waals surface area contributed by atoms with Gasteiger partial charge >= 0.3 is 5.69 Å². The fraction of sp³-hybridized carbons (Fsp3) is 0.235. The second-order valence-electron chi connectivity index (χ2n) is 5.57. The summed E-state index contributed by atoms with van der Waals surface area (Å²) in [7, 11) is 0. The lowest BCUT2D eigenvalue weighted by Crippen LogP contribution is -2.40. The van der Waals surface area contributed by atoms with Crippen LogP contribution in [-0.2, 0) is 17.9 Å². The summed E-state index contributed by atoms with van der Waals surface area (Å²) in [6.07, 6.45) is 0. The largest absolute Gasteiger partial charge is 0.331 e. The minimum absolute atomic E-state index is 0.183. The van der Waals surface area contributed by atoms with E-state index in [-0.39, 0.29) is 24.6 Å². The number of aromatic nitrogens is 2. The number of carbonyl (C=O) groups excluding carboxylic acids is 1. The fourth-order valence-corrected chi connectivity index (χ4v) is 3.60. The number of aryl methyl sites for hydroxylation is 1. The van der Waals surface area contributed by atoms with Gasteiger partial charge in [0.05, 0.1) is 5.52 Å². The molecule has 6 nitrogen and oxygen atoms in total. The topological polar surface area (TPSA) is 73.1 Å². The second kappa shape index (κ2) is 6.85. The Kier molecular flexibility index (Phi) is 4.78. The van der Waals surface area contributed by atoms with Gasteiger partial charge in [-0.25, -0.2) is 4.79 Å². The molecule has 25 heavy (non-hydrogen) atoms. The number of rotatable bonds is 4. The van der Waals surface area contributed by atoms with Crippen molar-refractivity contribution >= 4 is 44.7 Å². The van der Waals surface area contributed by atoms with E-state index in [1.54, 1.807) is 36.6 Å². The van der Waals surface area contributed by atoms with Crippen molar-refractivity contribution in [1.29, 1.82) is 0 Å². The zero-order chi connectivity index (χ0) is 18.1. The molecule has 0 fully saturated rings. The predicted octanol–water partition coefficient (Wildman–Crippen LogP) is 2.85. The van der Waals surface area contributed by atoms with E-state index in [1.807, 2.05) is 6.92 Å². The van der Waals surface area contributed by atoms with Gasteiger partial charge in [-0.05, 0) is 43.0 Å². The Morgan fingerprint density at radius 1 is 1.24 bits per heavy atom. The number of halogens is 1. The zero-order valence-electron chi connectivity index (χ0n) is 13.7. The summed E-state index contributed by atoms with van der Waals surface area (Å²) in [6.45, 7) is 3.66. The number of carbonyl (C=O) groups is 1. The molecule has 130 valence electrons. The molecule has 0 radical (unpaired) electrons. The van der Waals surface area contributed by atoms with Crippen LogP contribution in [0.5, 0.6) is 0 Å². The Hall–Kier alpha value is -2.38. The first-order valence-corrected chi connectivity index (χ1v) is 8.95. The Bertz CT molecular complexity index is 1080. The molecular weight excluding hydrogens is 362 g/mol. The molecule has 0 saturated heterocycles. The molecule has 0 bridgehead atoms. The molecule has 0 aliphatic heterocycles. The summed E-state index contributed by atoms with van der Waals surface area (Å²) in [5, 5.41) is 5.01. The van der Waals surface area contributed by atoms with Gasteiger partial charge in [0.15, 0.2) is 0 Å². The number of hydrogen-bond donors (Lipinski definition) is 1. The molecule has 1 aromatic carbocycles. The van der Waals surface area contributed by atoms with Crippen LogP contribution in [0.2, 0.25) is 5.02 Å². The lowest BCUT2D eigenvalue weighted by Gasteiger charge is -2.11. The quantitative estimate of drug-likeness (QED) is 0.759. The maximum Gasteiger partial charge on any atom is 0.331 e. The summed E-state index contributed by atoms with van der Waals surface area (Å²) in [5.74, 6) is -0.365. The van der Waals surface area contributed by atoms with Crippen molar-refractivity contribution in [1.82, 2.24) is 9.13 Å². The van der Waals surface area contributed by atoms with Crippen LogP contribution in [-0.4, -0.2) is 15.0 Å². The van der Waals surface area contributed by atoms with Crippen LogP contribution in [0.15, 0.2) is 39.2 Å². The standard InChI is InChI=1S/C17H16ClN3O3S/c1-3-20-16(23)15-13(6-7-25-15)21(17(20)24)9-14(22)19-11-5-4-10(2)12(18)8-11/h4-8H,3,9H2,1-2H3,(H,19,22). The molecule has 0 aliphatic carbocycles. The first-order valence-electron chi connectivity index (χ1n) is 7.69. The van der Waals surface area contributed by atoms with Crippen molar-refractivity contribution in [3.05, 3.63) is 61.1 Å². The number of amides is 1. The lowest BCUT2D eigenvalue weighted by atomic mass is 10.2. The Labute approximate surface area is 152 Å². The minimum atomic E-state index is -0.490. The highest BCUT2D eigenvalue weighted by Gasteiger charge is 2.15. The van der Waals surface area contributed by atoms with E-state index in [1.165, 1.54) is 15.9 Å². The van der Waals surface area contributed by atoms with Gasteiger partial charge in [-0.1, -0.05) is 17.7 Å². The van der Waals surface area contributed by atoms with Crippen LogP contribution in [0.3, 0.4) is 0 Å². The average molecular weight is 378 g/mol. The van der Waals surface area contributed by atoms with Crippen molar-refractivity contribution in [2.45, 2.75) is 26.9 Å². The Balaban J connectivity index is 1.96. The third-order valence-electron chi connectivity index (χ3n) is 3.91. The number of hydrogen-bond acceptors (Lipinski definition) is 4. The monoisotopic (exact) mass is 377 g/mol. The fourth-order valence-electron chi connectivity index (χ4n) is 2.58. The highest BCUT2D eigenvalue weighted by Crippen LogP contribution is 2.20. The summed E-state index contributed by atoms with van der Waals surface area (Å²) >= 11 is 7.32. The number of nitrogens with one attached hydrogen (secondary N) is 1. The molecule has 0 spiro atoms. The van der Waals surface area contributed by atoms with Crippen LogP contribution in [0.4, 0.5) is 5.69 Å². The van der Waals surface area contributed by atoms with Crippen molar-refractivity contribution in [2.75, 3.05) is 5.32 Å². The van der Waals surface area contributed by atoms with Gasteiger partial charge in [-0.2, -0.15) is 0 Å². The predicted molar refractivity (Wildman–Crippen MR) is 101 cm³/mol. The number of fused-ring (bicyclic) bond motifs is 1. The van der Waals surface area contributed by atoms with Crippen molar-refractivity contribution in [3.8, 4) is 0 Å². The van der Waals surface area contributed by atoms with Gasteiger partial charge in [0.1, 0.15) is 11.2 Å². The molecule has 0 aliphatic rings. The van der Waals surface area contributed by atoms with E-state index >= 15 is 0 Å². The minimum Gasteiger partial charge on any atom is -0.324 e. The van der Waals surface area contributed by atoms with Gasteiger partial charge in [0, 0.05) is 17.3 Å². The number of thiophene rings is 1. The van der Waals surface area contributed by atoms with Crippen LogP contribution >= 0.6 is 22.9 Å². The first-order chi connectivity index (χ1) is 11.9. The maximum absolute atomic E-state index is 12.5.